The molecule has 0 atom stereocenters. The van der Waals surface area contributed by atoms with E-state index in [9.17, 15) is 20.3 Å². The Kier molecular flexibility index (Phi) is 3.88. The molecule has 1 aliphatic carbocycles. The standard InChI is InChI=1S/C21H16NO6/c1-21(2)20(24)15(11-12-3-7-14(8-4-12)22(25)26)18-16(28-21)9-5-13-6-10-17(23)27-19(13)18/h3-11H,1-2H3,(H-,24,25,26)/q-1. The number of benzene rings is 1. The zero-order chi connectivity index (χ0) is 20.1. The lowest BCUT2D eigenvalue weighted by Gasteiger charge is -2.33. The minimum Gasteiger partial charge on any atom is -0.612 e. The van der Waals surface area contributed by atoms with Gasteiger partial charge < -0.3 is 24.7 Å². The molecule has 2 aromatic rings. The fourth-order valence-electron chi connectivity index (χ4n) is 3.22. The van der Waals surface area contributed by atoms with Gasteiger partial charge in [-0.3, -0.25) is 0 Å². The predicted octanol–water partition coefficient (Wildman–Crippen LogP) is 3.73. The second kappa shape index (κ2) is 6.16. The normalized spacial score (nSPS) is 17.5. The summed E-state index contributed by atoms with van der Waals surface area (Å²) < 4.78 is 11.3. The van der Waals surface area contributed by atoms with Crippen LogP contribution in [0.3, 0.4) is 0 Å². The van der Waals surface area contributed by atoms with Crippen molar-refractivity contribution < 1.29 is 19.2 Å². The summed E-state index contributed by atoms with van der Waals surface area (Å²) in [6.45, 7) is 3.45. The third-order valence-electron chi connectivity index (χ3n) is 4.63. The molecule has 0 radical (unpaired) electrons. The summed E-state index contributed by atoms with van der Waals surface area (Å²) in [6.07, 6.45) is 7.63. The van der Waals surface area contributed by atoms with Crippen LogP contribution in [0.1, 0.15) is 19.4 Å². The molecule has 2 heterocycles. The van der Waals surface area contributed by atoms with Gasteiger partial charge in [-0.05, 0) is 55.8 Å². The zero-order valence-corrected chi connectivity index (χ0v) is 15.1. The summed E-state index contributed by atoms with van der Waals surface area (Å²) in [5.74, 6) is 0.440. The molecule has 0 unspecified atom stereocenters. The van der Waals surface area contributed by atoms with E-state index in [0.29, 0.717) is 33.4 Å². The van der Waals surface area contributed by atoms with Crippen molar-refractivity contribution >= 4 is 22.3 Å². The van der Waals surface area contributed by atoms with Crippen LogP contribution in [0.2, 0.25) is 0 Å². The van der Waals surface area contributed by atoms with E-state index in [1.807, 2.05) is 0 Å². The van der Waals surface area contributed by atoms with Crippen LogP contribution in [0.4, 0.5) is 0 Å². The van der Waals surface area contributed by atoms with Gasteiger partial charge in [0.1, 0.15) is 17.1 Å². The van der Waals surface area contributed by atoms with Crippen LogP contribution in [0.25, 0.3) is 16.5 Å². The van der Waals surface area contributed by atoms with E-state index >= 15 is 0 Å². The van der Waals surface area contributed by atoms with Gasteiger partial charge in [0, 0.05) is 29.2 Å². The van der Waals surface area contributed by atoms with Crippen molar-refractivity contribution in [2.45, 2.75) is 19.4 Å². The Morgan fingerprint density at radius 2 is 1.75 bits per heavy atom. The van der Waals surface area contributed by atoms with Crippen LogP contribution in [0, 0.1) is 10.4 Å². The molecule has 0 bridgehead atoms. The van der Waals surface area contributed by atoms with Gasteiger partial charge in [-0.2, -0.15) is 4.90 Å². The van der Waals surface area contributed by atoms with Gasteiger partial charge in [-0.25, -0.2) is 4.79 Å². The largest absolute Gasteiger partial charge is 0.612 e. The molecule has 142 valence electrons. The highest BCUT2D eigenvalue weighted by Crippen LogP contribution is 2.44. The maximum Gasteiger partial charge on any atom is 0.336 e. The quantitative estimate of drug-likeness (QED) is 0.460. The van der Waals surface area contributed by atoms with Crippen LogP contribution in [0.5, 0.6) is 5.75 Å². The highest BCUT2D eigenvalue weighted by molar-refractivity contribution is 6.03. The molecule has 7 heteroatoms. The van der Waals surface area contributed by atoms with Gasteiger partial charge in [0.05, 0.1) is 5.56 Å². The topological polar surface area (TPSA) is 109 Å². The smallest absolute Gasteiger partial charge is 0.336 e. The number of rotatable bonds is 1. The van der Waals surface area contributed by atoms with Crippen molar-refractivity contribution in [1.29, 1.82) is 0 Å². The van der Waals surface area contributed by atoms with Crippen LogP contribution in [0.15, 0.2) is 75.2 Å². The first-order valence-electron chi connectivity index (χ1n) is 8.55. The molecule has 0 spiro atoms. The van der Waals surface area contributed by atoms with Crippen molar-refractivity contribution in [3.63, 3.8) is 0 Å². The number of hydrogen-bond acceptors (Lipinski definition) is 6. The van der Waals surface area contributed by atoms with E-state index in [1.54, 1.807) is 50.3 Å². The van der Waals surface area contributed by atoms with E-state index in [0.717, 1.165) is 0 Å². The summed E-state index contributed by atoms with van der Waals surface area (Å²) in [4.78, 5) is 11.3. The third kappa shape index (κ3) is 2.87. The van der Waals surface area contributed by atoms with E-state index in [1.165, 1.54) is 18.2 Å². The number of allylic oxidation sites excluding steroid dienone is 7. The number of nitrogens with zero attached hydrogens (tertiary/aromatic N) is 1. The molecule has 1 N–H and O–H groups in total. The van der Waals surface area contributed by atoms with Crippen LogP contribution in [-0.2, 0) is 0 Å². The number of aliphatic hydroxyl groups is 1. The van der Waals surface area contributed by atoms with E-state index in [-0.39, 0.29) is 11.5 Å². The monoisotopic (exact) mass is 378 g/mol. The lowest BCUT2D eigenvalue weighted by Crippen LogP contribution is -2.34. The fraction of sp³-hybridized carbons (Fsp3) is 0.143. The summed E-state index contributed by atoms with van der Waals surface area (Å²) in [5.41, 5.74) is 0.304. The first-order chi connectivity index (χ1) is 13.3. The summed E-state index contributed by atoms with van der Waals surface area (Å²) in [7, 11) is 0. The van der Waals surface area contributed by atoms with Gasteiger partial charge in [-0.15, -0.1) is 0 Å². The third-order valence-corrected chi connectivity index (χ3v) is 4.63. The van der Waals surface area contributed by atoms with Crippen LogP contribution >= 0.6 is 0 Å². The van der Waals surface area contributed by atoms with Crippen molar-refractivity contribution in [2.24, 2.45) is 0 Å². The molecule has 1 aliphatic heterocycles. The molecule has 0 saturated carbocycles. The Labute approximate surface area is 159 Å². The zero-order valence-electron chi connectivity index (χ0n) is 15.1. The highest BCUT2D eigenvalue weighted by atomic mass is 16.8. The predicted molar refractivity (Wildman–Crippen MR) is 105 cm³/mol. The van der Waals surface area contributed by atoms with Gasteiger partial charge in [0.25, 0.3) is 0 Å². The summed E-state index contributed by atoms with van der Waals surface area (Å²) in [5, 5.41) is 33.3. The van der Waals surface area contributed by atoms with Crippen molar-refractivity contribution in [2.75, 3.05) is 0 Å². The van der Waals surface area contributed by atoms with E-state index in [4.69, 9.17) is 9.15 Å². The maximum absolute atomic E-state index is 11.8. The second-order valence-electron chi connectivity index (χ2n) is 6.98. The Morgan fingerprint density at radius 3 is 2.43 bits per heavy atom. The molecule has 0 amide bonds. The molecule has 0 saturated heterocycles. The molecule has 28 heavy (non-hydrogen) atoms. The number of hydrogen-bond donors (Lipinski definition) is 1. The van der Waals surface area contributed by atoms with Crippen LogP contribution < -0.4 is 10.4 Å². The Balaban J connectivity index is 1.96. The summed E-state index contributed by atoms with van der Waals surface area (Å²) in [6, 6.07) is 6.50. The minimum absolute atomic E-state index is 0.0282. The average molecular weight is 378 g/mol. The number of fused-ring (bicyclic) bond motifs is 3. The van der Waals surface area contributed by atoms with Crippen molar-refractivity contribution in [1.82, 2.24) is 0 Å². The molecule has 1 aromatic heterocycles. The second-order valence-corrected chi connectivity index (χ2v) is 6.98. The lowest BCUT2D eigenvalue weighted by molar-refractivity contribution is -0.377. The molecular weight excluding hydrogens is 362 g/mol. The van der Waals surface area contributed by atoms with Crippen LogP contribution in [-0.4, -0.2) is 21.3 Å². The Morgan fingerprint density at radius 1 is 1.07 bits per heavy atom. The average Bonchev–Trinajstić information content (AvgIpc) is 2.65. The number of aliphatic hydroxyl groups excluding tert-OH is 1. The summed E-state index contributed by atoms with van der Waals surface area (Å²) >= 11 is 0. The first kappa shape index (κ1) is 17.7. The molecule has 1 aromatic carbocycles. The molecule has 7 nitrogen and oxygen atoms in total. The Hall–Kier alpha value is -3.74. The lowest BCUT2D eigenvalue weighted by atomic mass is 9.89. The Bertz CT molecular complexity index is 1190. The first-order valence-corrected chi connectivity index (χ1v) is 8.55. The van der Waals surface area contributed by atoms with Gasteiger partial charge in [-0.1, -0.05) is 0 Å². The van der Waals surface area contributed by atoms with Gasteiger partial charge in [0.15, 0.2) is 5.60 Å². The molecular formula is C21H16NO6-. The van der Waals surface area contributed by atoms with E-state index in [2.05, 4.69) is 0 Å². The van der Waals surface area contributed by atoms with Gasteiger partial charge >= 0.3 is 5.63 Å². The highest BCUT2D eigenvalue weighted by Gasteiger charge is 2.36. The number of ether oxygens (including phenoxy) is 1. The van der Waals surface area contributed by atoms with Crippen molar-refractivity contribution in [3.8, 4) is 5.75 Å². The van der Waals surface area contributed by atoms with E-state index < -0.39 is 16.1 Å². The van der Waals surface area contributed by atoms with Gasteiger partial charge in [0.2, 0.25) is 5.71 Å². The van der Waals surface area contributed by atoms with Crippen molar-refractivity contribution in [3.05, 3.63) is 92.4 Å². The fourth-order valence-corrected chi connectivity index (χ4v) is 3.22. The molecule has 0 fully saturated rings. The maximum atomic E-state index is 11.8. The molecule has 4 rings (SSSR count). The SMILES string of the molecule is CC1(C)Oc2ccc3ccc(=O)oc3c2C(C=C2C=CC(=[N+]([O-])[O-])C=C2)=C1O. The molecule has 2 aliphatic rings. The minimum atomic E-state index is -0.998.